The lowest BCUT2D eigenvalue weighted by Crippen LogP contribution is -2.35. The molecule has 156 valence electrons. The Bertz CT molecular complexity index is 789. The van der Waals surface area contributed by atoms with Gasteiger partial charge in [-0.05, 0) is 17.2 Å². The smallest absolute Gasteiger partial charge is 0.422 e. The number of halogens is 3. The Labute approximate surface area is 166 Å². The van der Waals surface area contributed by atoms with Crippen molar-refractivity contribution in [2.45, 2.75) is 19.3 Å². The highest BCUT2D eigenvalue weighted by Gasteiger charge is 2.28. The molecule has 1 aromatic carbocycles. The van der Waals surface area contributed by atoms with E-state index < -0.39 is 12.8 Å². The Morgan fingerprint density at radius 1 is 1.10 bits per heavy atom. The predicted octanol–water partition coefficient (Wildman–Crippen LogP) is 2.78. The number of carbonyl (C=O) groups excluding carboxylic acids is 1. The van der Waals surface area contributed by atoms with E-state index in [4.69, 9.17) is 4.74 Å². The summed E-state index contributed by atoms with van der Waals surface area (Å²) in [7, 11) is 0. The standard InChI is InChI=1S/C20H22F3N3O3/c21-20(22,23)14-29-18-6-5-17(12-24-18)19(27)25-11-15-1-3-16(4-2-15)13-26-7-9-28-10-8-26/h1-6,12H,7-11,13-14H2,(H,25,27). The molecule has 1 saturated heterocycles. The summed E-state index contributed by atoms with van der Waals surface area (Å²) in [5.41, 5.74) is 2.39. The molecule has 1 aromatic heterocycles. The van der Waals surface area contributed by atoms with Crippen molar-refractivity contribution in [2.75, 3.05) is 32.9 Å². The van der Waals surface area contributed by atoms with Crippen molar-refractivity contribution in [1.29, 1.82) is 0 Å². The maximum absolute atomic E-state index is 12.2. The summed E-state index contributed by atoms with van der Waals surface area (Å²) in [5.74, 6) is -0.549. The van der Waals surface area contributed by atoms with Gasteiger partial charge in [-0.3, -0.25) is 9.69 Å². The topological polar surface area (TPSA) is 63.7 Å². The normalized spacial score (nSPS) is 15.1. The molecular formula is C20H22F3N3O3. The number of hydrogen-bond acceptors (Lipinski definition) is 5. The van der Waals surface area contributed by atoms with Crippen LogP contribution in [-0.2, 0) is 17.8 Å². The lowest BCUT2D eigenvalue weighted by atomic mass is 10.1. The summed E-state index contributed by atoms with van der Waals surface area (Å²) < 4.78 is 46.2. The summed E-state index contributed by atoms with van der Waals surface area (Å²) in [6.45, 7) is 3.14. The number of alkyl halides is 3. The average Bonchev–Trinajstić information content (AvgIpc) is 2.72. The van der Waals surface area contributed by atoms with Gasteiger partial charge in [0.1, 0.15) is 0 Å². The summed E-state index contributed by atoms with van der Waals surface area (Å²) in [6.07, 6.45) is -3.25. The molecule has 6 nitrogen and oxygen atoms in total. The van der Waals surface area contributed by atoms with Gasteiger partial charge in [0.05, 0.1) is 18.8 Å². The van der Waals surface area contributed by atoms with Crippen molar-refractivity contribution < 1.29 is 27.4 Å². The van der Waals surface area contributed by atoms with Gasteiger partial charge in [-0.15, -0.1) is 0 Å². The Morgan fingerprint density at radius 3 is 2.41 bits per heavy atom. The third-order valence-electron chi connectivity index (χ3n) is 4.37. The average molecular weight is 409 g/mol. The van der Waals surface area contributed by atoms with Crippen LogP contribution in [0.4, 0.5) is 13.2 Å². The first-order valence-corrected chi connectivity index (χ1v) is 9.21. The van der Waals surface area contributed by atoms with Crippen LogP contribution in [-0.4, -0.2) is 54.9 Å². The Hall–Kier alpha value is -2.65. The molecule has 0 radical (unpaired) electrons. The molecule has 2 aromatic rings. The van der Waals surface area contributed by atoms with E-state index in [-0.39, 0.29) is 17.4 Å². The zero-order chi connectivity index (χ0) is 20.7. The number of nitrogens with one attached hydrogen (secondary N) is 1. The van der Waals surface area contributed by atoms with Gasteiger partial charge in [-0.25, -0.2) is 4.98 Å². The lowest BCUT2D eigenvalue weighted by Gasteiger charge is -2.26. The molecule has 1 amide bonds. The third kappa shape index (κ3) is 7.03. The van der Waals surface area contributed by atoms with Gasteiger partial charge in [0.25, 0.3) is 5.91 Å². The van der Waals surface area contributed by atoms with Gasteiger partial charge in [0, 0.05) is 38.4 Å². The molecule has 1 fully saturated rings. The summed E-state index contributed by atoms with van der Waals surface area (Å²) in [4.78, 5) is 18.2. The van der Waals surface area contributed by atoms with E-state index in [1.807, 2.05) is 24.3 Å². The number of aromatic nitrogens is 1. The van der Waals surface area contributed by atoms with Gasteiger partial charge in [-0.2, -0.15) is 13.2 Å². The zero-order valence-corrected chi connectivity index (χ0v) is 15.7. The Balaban J connectivity index is 1.46. The van der Waals surface area contributed by atoms with E-state index in [1.54, 1.807) is 0 Å². The number of benzene rings is 1. The van der Waals surface area contributed by atoms with Crippen LogP contribution in [0.5, 0.6) is 5.88 Å². The van der Waals surface area contributed by atoms with E-state index in [9.17, 15) is 18.0 Å². The second-order valence-electron chi connectivity index (χ2n) is 6.68. The highest BCUT2D eigenvalue weighted by Crippen LogP contribution is 2.17. The molecule has 0 atom stereocenters. The number of pyridine rings is 1. The molecule has 1 aliphatic heterocycles. The number of nitrogens with zero attached hydrogens (tertiary/aromatic N) is 2. The highest BCUT2D eigenvalue weighted by atomic mass is 19.4. The van der Waals surface area contributed by atoms with Crippen LogP contribution in [0, 0.1) is 0 Å². The van der Waals surface area contributed by atoms with Crippen molar-refractivity contribution in [3.63, 3.8) is 0 Å². The van der Waals surface area contributed by atoms with Crippen LogP contribution in [0.15, 0.2) is 42.6 Å². The van der Waals surface area contributed by atoms with Crippen molar-refractivity contribution in [1.82, 2.24) is 15.2 Å². The summed E-state index contributed by atoms with van der Waals surface area (Å²) >= 11 is 0. The fourth-order valence-electron chi connectivity index (χ4n) is 2.82. The number of hydrogen-bond donors (Lipinski definition) is 1. The molecule has 3 rings (SSSR count). The summed E-state index contributed by atoms with van der Waals surface area (Å²) in [6, 6.07) is 10.6. The molecule has 0 saturated carbocycles. The maximum atomic E-state index is 12.2. The van der Waals surface area contributed by atoms with Crippen LogP contribution in [0.3, 0.4) is 0 Å². The monoisotopic (exact) mass is 409 g/mol. The van der Waals surface area contributed by atoms with Crippen LogP contribution >= 0.6 is 0 Å². The second-order valence-corrected chi connectivity index (χ2v) is 6.68. The van der Waals surface area contributed by atoms with Gasteiger partial charge in [0.15, 0.2) is 6.61 Å². The number of rotatable bonds is 7. The maximum Gasteiger partial charge on any atom is 0.422 e. The van der Waals surface area contributed by atoms with Crippen molar-refractivity contribution in [2.24, 2.45) is 0 Å². The number of morpholine rings is 1. The first-order chi connectivity index (χ1) is 13.9. The molecule has 0 unspecified atom stereocenters. The molecule has 2 heterocycles. The largest absolute Gasteiger partial charge is 0.468 e. The van der Waals surface area contributed by atoms with Crippen LogP contribution < -0.4 is 10.1 Å². The molecular weight excluding hydrogens is 387 g/mol. The molecule has 29 heavy (non-hydrogen) atoms. The fourth-order valence-corrected chi connectivity index (χ4v) is 2.82. The molecule has 9 heteroatoms. The van der Waals surface area contributed by atoms with E-state index in [2.05, 4.69) is 19.9 Å². The minimum Gasteiger partial charge on any atom is -0.468 e. The number of ether oxygens (including phenoxy) is 2. The zero-order valence-electron chi connectivity index (χ0n) is 15.7. The number of carbonyl (C=O) groups is 1. The van der Waals surface area contributed by atoms with Crippen LogP contribution in [0.25, 0.3) is 0 Å². The quantitative estimate of drug-likeness (QED) is 0.762. The lowest BCUT2D eigenvalue weighted by molar-refractivity contribution is -0.154. The SMILES string of the molecule is O=C(NCc1ccc(CN2CCOCC2)cc1)c1ccc(OCC(F)(F)F)nc1. The second kappa shape index (κ2) is 9.71. The van der Waals surface area contributed by atoms with E-state index in [1.165, 1.54) is 23.9 Å². The number of amides is 1. The minimum atomic E-state index is -4.44. The summed E-state index contributed by atoms with van der Waals surface area (Å²) in [5, 5.41) is 2.77. The first-order valence-electron chi connectivity index (χ1n) is 9.21. The van der Waals surface area contributed by atoms with Crippen molar-refractivity contribution >= 4 is 5.91 Å². The van der Waals surface area contributed by atoms with Crippen LogP contribution in [0.2, 0.25) is 0 Å². The Kier molecular flexibility index (Phi) is 7.05. The van der Waals surface area contributed by atoms with Gasteiger partial charge in [0.2, 0.25) is 5.88 Å². The van der Waals surface area contributed by atoms with E-state index in [0.29, 0.717) is 6.54 Å². The first kappa shape index (κ1) is 21.1. The minimum absolute atomic E-state index is 0.185. The van der Waals surface area contributed by atoms with E-state index >= 15 is 0 Å². The molecule has 1 aliphatic rings. The van der Waals surface area contributed by atoms with Gasteiger partial charge >= 0.3 is 6.18 Å². The van der Waals surface area contributed by atoms with Gasteiger partial charge in [-0.1, -0.05) is 24.3 Å². The Morgan fingerprint density at radius 2 is 1.79 bits per heavy atom. The van der Waals surface area contributed by atoms with E-state index in [0.717, 1.165) is 38.4 Å². The van der Waals surface area contributed by atoms with Crippen LogP contribution in [0.1, 0.15) is 21.5 Å². The van der Waals surface area contributed by atoms with Crippen molar-refractivity contribution in [3.05, 3.63) is 59.3 Å². The molecule has 0 bridgehead atoms. The van der Waals surface area contributed by atoms with Gasteiger partial charge < -0.3 is 14.8 Å². The third-order valence-corrected chi connectivity index (χ3v) is 4.37. The van der Waals surface area contributed by atoms with Crippen molar-refractivity contribution in [3.8, 4) is 5.88 Å². The predicted molar refractivity (Wildman–Crippen MR) is 99.5 cm³/mol. The highest BCUT2D eigenvalue weighted by molar-refractivity contribution is 5.93. The molecule has 1 N–H and O–H groups in total. The molecule has 0 spiro atoms. The fraction of sp³-hybridized carbons (Fsp3) is 0.400. The molecule has 0 aliphatic carbocycles.